The van der Waals surface area contributed by atoms with Gasteiger partial charge in [-0.05, 0) is 4.53 Å². The fourth-order valence-electron chi connectivity index (χ4n) is 1.07. The third-order valence-electron chi connectivity index (χ3n) is 2.14. The van der Waals surface area contributed by atoms with E-state index in [0.717, 1.165) is 4.87 Å². The Morgan fingerprint density at radius 2 is 1.62 bits per heavy atom. The molecule has 13 heavy (non-hydrogen) atoms. The molecule has 0 saturated heterocycles. The maximum atomic E-state index is 2.58. The zero-order valence-corrected chi connectivity index (χ0v) is 13.1. The van der Waals surface area contributed by atoms with Crippen LogP contribution in [-0.2, 0) is 0 Å². The third kappa shape index (κ3) is 3.18. The van der Waals surface area contributed by atoms with E-state index in [2.05, 4.69) is 66.9 Å². The lowest BCUT2D eigenvalue weighted by atomic mass is 10.7. The molecule has 0 bridgehead atoms. The Kier molecular flexibility index (Phi) is 3.49. The van der Waals surface area contributed by atoms with E-state index in [0.29, 0.717) is 0 Å². The molecule has 0 radical (unpaired) electrons. The van der Waals surface area contributed by atoms with Crippen LogP contribution in [0.25, 0.3) is 0 Å². The van der Waals surface area contributed by atoms with Gasteiger partial charge < -0.3 is 0 Å². The van der Waals surface area contributed by atoms with Crippen LogP contribution < -0.4 is 0 Å². The van der Waals surface area contributed by atoms with Crippen molar-refractivity contribution in [2.24, 2.45) is 0 Å². The normalized spacial score (nSPS) is 24.8. The van der Waals surface area contributed by atoms with Gasteiger partial charge in [0.25, 0.3) is 0 Å². The van der Waals surface area contributed by atoms with Gasteiger partial charge in [0.1, 0.15) is 0 Å². The molecule has 1 aliphatic heterocycles. The molecule has 0 aliphatic carbocycles. The first-order valence-corrected chi connectivity index (χ1v) is 14.1. The first-order chi connectivity index (χ1) is 5.71. The molecular weight excluding hydrogens is 228 g/mol. The van der Waals surface area contributed by atoms with Gasteiger partial charge in [-0.2, -0.15) is 0 Å². The van der Waals surface area contributed by atoms with Crippen molar-refractivity contribution in [1.82, 2.24) is 0 Å². The fraction of sp³-hybridized carbons (Fsp3) is 0.778. The van der Waals surface area contributed by atoms with Gasteiger partial charge in [-0.15, -0.1) is 0 Å². The summed E-state index contributed by atoms with van der Waals surface area (Å²) in [6.07, 6.45) is 2.58. The topological polar surface area (TPSA) is 0 Å². The summed E-state index contributed by atoms with van der Waals surface area (Å²) in [6.45, 7) is 14.7. The molecule has 1 atom stereocenters. The second kappa shape index (κ2) is 3.79. The van der Waals surface area contributed by atoms with E-state index >= 15 is 0 Å². The molecule has 0 aromatic heterocycles. The van der Waals surface area contributed by atoms with Gasteiger partial charge in [0.05, 0.1) is 16.1 Å². The summed E-state index contributed by atoms with van der Waals surface area (Å²) in [5, 5.41) is 0. The highest BCUT2D eigenvalue weighted by Gasteiger charge is 2.34. The van der Waals surface area contributed by atoms with Gasteiger partial charge in [-0.1, -0.05) is 66.9 Å². The second-order valence-corrected chi connectivity index (χ2v) is 19.3. The molecular formula is C9H20S2Si2. The number of rotatable bonds is 2. The van der Waals surface area contributed by atoms with Crippen molar-refractivity contribution in [3.63, 3.8) is 0 Å². The summed E-state index contributed by atoms with van der Waals surface area (Å²) in [5.41, 5.74) is 0. The van der Waals surface area contributed by atoms with E-state index in [1.165, 1.54) is 0 Å². The summed E-state index contributed by atoms with van der Waals surface area (Å²) >= 11 is 0. The Labute approximate surface area is 92.4 Å². The first-order valence-electron chi connectivity index (χ1n) is 4.77. The molecule has 0 aromatic carbocycles. The third-order valence-corrected chi connectivity index (χ3v) is 13.4. The zero-order valence-electron chi connectivity index (χ0n) is 9.47. The van der Waals surface area contributed by atoms with Crippen molar-refractivity contribution in [3.8, 4) is 0 Å². The van der Waals surface area contributed by atoms with Crippen molar-refractivity contribution in [2.45, 2.75) is 44.2 Å². The van der Waals surface area contributed by atoms with E-state index in [1.807, 2.05) is 0 Å². The smallest absolute Gasteiger partial charge is 0.0853 e. The van der Waals surface area contributed by atoms with Crippen LogP contribution in [0, 0.1) is 0 Å². The molecule has 0 aromatic rings. The van der Waals surface area contributed by atoms with Crippen molar-refractivity contribution in [3.05, 3.63) is 10.6 Å². The number of hydrogen-bond donors (Lipinski definition) is 0. The molecule has 0 spiro atoms. The average Bonchev–Trinajstić information content (AvgIpc) is 2.28. The van der Waals surface area contributed by atoms with E-state index in [-0.39, 0.29) is 0 Å². The molecule has 0 N–H and O–H groups in total. The lowest BCUT2D eigenvalue weighted by Crippen LogP contribution is -2.33. The van der Waals surface area contributed by atoms with E-state index < -0.39 is 16.1 Å². The van der Waals surface area contributed by atoms with Crippen LogP contribution in [-0.4, -0.2) is 21.0 Å². The van der Waals surface area contributed by atoms with Crippen LogP contribution in [0.15, 0.2) is 10.6 Å². The molecule has 1 rings (SSSR count). The summed E-state index contributed by atoms with van der Waals surface area (Å²) in [5.74, 6) is 0. The van der Waals surface area contributed by atoms with Crippen LogP contribution in [0.4, 0.5) is 0 Å². The molecule has 4 heteroatoms. The Morgan fingerprint density at radius 1 is 1.08 bits per heavy atom. The highest BCUT2D eigenvalue weighted by Crippen LogP contribution is 2.48. The van der Waals surface area contributed by atoms with Crippen LogP contribution in [0.5, 0.6) is 0 Å². The molecule has 0 amide bonds. The van der Waals surface area contributed by atoms with Crippen molar-refractivity contribution < 1.29 is 0 Å². The van der Waals surface area contributed by atoms with Gasteiger partial charge in [0.15, 0.2) is 0 Å². The highest BCUT2D eigenvalue weighted by atomic mass is 33.1. The Morgan fingerprint density at radius 3 is 1.85 bits per heavy atom. The second-order valence-electron chi connectivity index (χ2n) is 5.75. The van der Waals surface area contributed by atoms with Gasteiger partial charge in [-0.25, -0.2) is 0 Å². The minimum Gasteiger partial charge on any atom is -0.0853 e. The van der Waals surface area contributed by atoms with Gasteiger partial charge >= 0.3 is 0 Å². The summed E-state index contributed by atoms with van der Waals surface area (Å²) < 4.78 is 1.71. The SMILES string of the molecule is C[Si](C)(C)C1=CC([Si](C)(C)C)SS1. The first kappa shape index (κ1) is 11.9. The van der Waals surface area contributed by atoms with Crippen LogP contribution in [0.3, 0.4) is 0 Å². The fourth-order valence-corrected chi connectivity index (χ4v) is 12.3. The van der Waals surface area contributed by atoms with Crippen LogP contribution >= 0.6 is 21.6 Å². The predicted molar refractivity (Wildman–Crippen MR) is 73.7 cm³/mol. The molecule has 0 nitrogen and oxygen atoms in total. The summed E-state index contributed by atoms with van der Waals surface area (Å²) in [7, 11) is 2.19. The van der Waals surface area contributed by atoms with Gasteiger partial charge in [0, 0.05) is 4.87 Å². The van der Waals surface area contributed by atoms with Crippen LogP contribution in [0.2, 0.25) is 39.3 Å². The molecule has 1 unspecified atom stereocenters. The monoisotopic (exact) mass is 248 g/mol. The lowest BCUT2D eigenvalue weighted by Gasteiger charge is -2.21. The standard InChI is InChI=1S/C9H20S2Si2/c1-12(2,3)8-7-9(11-10-8)13(4,5)6/h7-8H,1-6H3. The summed E-state index contributed by atoms with van der Waals surface area (Å²) in [6, 6.07) is 0. The maximum Gasteiger partial charge on any atom is 0.0864 e. The summed E-state index contributed by atoms with van der Waals surface area (Å²) in [4.78, 5) is 0.847. The Hall–Kier alpha value is 0.874. The van der Waals surface area contributed by atoms with E-state index in [1.54, 1.807) is 4.53 Å². The maximum absolute atomic E-state index is 2.58. The lowest BCUT2D eigenvalue weighted by molar-refractivity contribution is 1.46. The average molecular weight is 249 g/mol. The molecule has 0 saturated carbocycles. The van der Waals surface area contributed by atoms with Crippen LogP contribution in [0.1, 0.15) is 0 Å². The molecule has 0 fully saturated rings. The largest absolute Gasteiger partial charge is 0.0864 e. The minimum absolute atomic E-state index is 0.847. The minimum atomic E-state index is -1.02. The Bertz CT molecular complexity index is 223. The van der Waals surface area contributed by atoms with Gasteiger partial charge in [-0.3, -0.25) is 0 Å². The number of hydrogen-bond acceptors (Lipinski definition) is 2. The highest BCUT2D eigenvalue weighted by molar-refractivity contribution is 8.79. The zero-order chi connectivity index (χ0) is 10.3. The van der Waals surface area contributed by atoms with Crippen molar-refractivity contribution >= 4 is 37.7 Å². The van der Waals surface area contributed by atoms with Gasteiger partial charge in [0.2, 0.25) is 0 Å². The predicted octanol–water partition coefficient (Wildman–Crippen LogP) is 4.39. The van der Waals surface area contributed by atoms with E-state index in [4.69, 9.17) is 0 Å². The van der Waals surface area contributed by atoms with E-state index in [9.17, 15) is 0 Å². The van der Waals surface area contributed by atoms with Crippen molar-refractivity contribution in [2.75, 3.05) is 0 Å². The molecule has 1 aliphatic rings. The molecule has 1 heterocycles. The molecule has 76 valence electrons. The quantitative estimate of drug-likeness (QED) is 0.525. The van der Waals surface area contributed by atoms with Crippen molar-refractivity contribution in [1.29, 1.82) is 0 Å². The Balaban J connectivity index is 2.76.